The Balaban J connectivity index is 2.19. The molecule has 1 saturated heterocycles. The van der Waals surface area contributed by atoms with Crippen molar-refractivity contribution in [3.8, 4) is 0 Å². The highest BCUT2D eigenvalue weighted by Gasteiger charge is 2.26. The molecule has 6 heteroatoms. The zero-order valence-electron chi connectivity index (χ0n) is 11.1. The number of aryl methyl sites for hydroxylation is 1. The molecule has 0 radical (unpaired) electrons. The normalized spacial score (nSPS) is 24.4. The molecule has 1 heterocycles. The molecule has 2 N–H and O–H groups in total. The third-order valence-electron chi connectivity index (χ3n) is 3.55. The fourth-order valence-electron chi connectivity index (χ4n) is 2.20. The summed E-state index contributed by atoms with van der Waals surface area (Å²) in [4.78, 5) is -0.0127. The summed E-state index contributed by atoms with van der Waals surface area (Å²) in [5.41, 5.74) is 0.439. The number of hydrogen-bond donors (Lipinski definition) is 2. The monoisotopic (exact) mass is 286 g/mol. The maximum absolute atomic E-state index is 13.5. The molecule has 0 aromatic heterocycles. The SMILES string of the molecule is Cc1ccc(S(=O)(=O)NC2CCNCC2C)cc1F. The van der Waals surface area contributed by atoms with E-state index in [-0.39, 0.29) is 16.9 Å². The predicted molar refractivity (Wildman–Crippen MR) is 71.9 cm³/mol. The number of nitrogens with one attached hydrogen (secondary N) is 2. The van der Waals surface area contributed by atoms with E-state index in [1.807, 2.05) is 6.92 Å². The van der Waals surface area contributed by atoms with Gasteiger partial charge in [-0.05, 0) is 50.0 Å². The molecule has 1 aliphatic heterocycles. The summed E-state index contributed by atoms with van der Waals surface area (Å²) in [7, 11) is -3.65. The summed E-state index contributed by atoms with van der Waals surface area (Å²) in [6.45, 7) is 5.18. The van der Waals surface area contributed by atoms with Gasteiger partial charge in [-0.2, -0.15) is 0 Å². The van der Waals surface area contributed by atoms with Crippen LogP contribution in [0.3, 0.4) is 0 Å². The van der Waals surface area contributed by atoms with Gasteiger partial charge in [-0.25, -0.2) is 17.5 Å². The van der Waals surface area contributed by atoms with Gasteiger partial charge in [-0.1, -0.05) is 13.0 Å². The minimum atomic E-state index is -3.65. The molecule has 4 nitrogen and oxygen atoms in total. The summed E-state index contributed by atoms with van der Waals surface area (Å²) in [6.07, 6.45) is 0.745. The smallest absolute Gasteiger partial charge is 0.240 e. The average molecular weight is 286 g/mol. The van der Waals surface area contributed by atoms with Crippen molar-refractivity contribution in [3.63, 3.8) is 0 Å². The lowest BCUT2D eigenvalue weighted by Gasteiger charge is -2.29. The Labute approximate surface area is 113 Å². The van der Waals surface area contributed by atoms with Crippen LogP contribution in [0, 0.1) is 18.7 Å². The first kappa shape index (κ1) is 14.4. The zero-order chi connectivity index (χ0) is 14.0. The zero-order valence-corrected chi connectivity index (χ0v) is 11.9. The second kappa shape index (κ2) is 5.56. The number of sulfonamides is 1. The Hall–Kier alpha value is -0.980. The molecule has 106 valence electrons. The van der Waals surface area contributed by atoms with Crippen LogP contribution < -0.4 is 10.0 Å². The minimum Gasteiger partial charge on any atom is -0.316 e. The molecule has 2 rings (SSSR count). The number of benzene rings is 1. The van der Waals surface area contributed by atoms with Gasteiger partial charge in [0.1, 0.15) is 5.82 Å². The molecule has 1 aromatic rings. The molecular formula is C13H19FN2O2S. The van der Waals surface area contributed by atoms with Crippen LogP contribution >= 0.6 is 0 Å². The van der Waals surface area contributed by atoms with Gasteiger partial charge >= 0.3 is 0 Å². The van der Waals surface area contributed by atoms with E-state index >= 15 is 0 Å². The van der Waals surface area contributed by atoms with E-state index in [1.165, 1.54) is 12.1 Å². The molecule has 0 saturated carbocycles. The lowest BCUT2D eigenvalue weighted by atomic mass is 9.97. The summed E-state index contributed by atoms with van der Waals surface area (Å²) >= 11 is 0. The van der Waals surface area contributed by atoms with Crippen LogP contribution in [-0.4, -0.2) is 27.5 Å². The molecule has 2 atom stereocenters. The first-order valence-corrected chi connectivity index (χ1v) is 7.87. The molecule has 0 spiro atoms. The van der Waals surface area contributed by atoms with Gasteiger partial charge in [0.2, 0.25) is 10.0 Å². The van der Waals surface area contributed by atoms with Gasteiger partial charge < -0.3 is 5.32 Å². The predicted octanol–water partition coefficient (Wildman–Crippen LogP) is 1.41. The highest BCUT2D eigenvalue weighted by atomic mass is 32.2. The molecule has 0 amide bonds. The van der Waals surface area contributed by atoms with Crippen molar-refractivity contribution in [1.82, 2.24) is 10.0 Å². The lowest BCUT2D eigenvalue weighted by molar-refractivity contribution is 0.328. The maximum atomic E-state index is 13.5. The Kier molecular flexibility index (Phi) is 4.23. The summed E-state index contributed by atoms with van der Waals surface area (Å²) in [5, 5.41) is 3.21. The minimum absolute atomic E-state index is 0.0127. The average Bonchev–Trinajstić information content (AvgIpc) is 2.35. The van der Waals surface area contributed by atoms with Crippen LogP contribution in [0.1, 0.15) is 18.9 Å². The van der Waals surface area contributed by atoms with Crippen LogP contribution in [0.2, 0.25) is 0 Å². The molecule has 0 bridgehead atoms. The molecule has 1 aromatic carbocycles. The van der Waals surface area contributed by atoms with Crippen LogP contribution in [0.15, 0.2) is 23.1 Å². The van der Waals surface area contributed by atoms with E-state index in [2.05, 4.69) is 10.0 Å². The van der Waals surface area contributed by atoms with Crippen LogP contribution in [-0.2, 0) is 10.0 Å². The van der Waals surface area contributed by atoms with E-state index in [9.17, 15) is 12.8 Å². The van der Waals surface area contributed by atoms with Gasteiger partial charge in [-0.3, -0.25) is 0 Å². The highest BCUT2D eigenvalue weighted by molar-refractivity contribution is 7.89. The van der Waals surface area contributed by atoms with Crippen molar-refractivity contribution in [2.45, 2.75) is 31.2 Å². The number of rotatable bonds is 3. The quantitative estimate of drug-likeness (QED) is 0.883. The number of hydrogen-bond acceptors (Lipinski definition) is 3. The first-order valence-electron chi connectivity index (χ1n) is 6.39. The van der Waals surface area contributed by atoms with Crippen LogP contribution in [0.5, 0.6) is 0 Å². The van der Waals surface area contributed by atoms with Crippen molar-refractivity contribution in [2.24, 2.45) is 5.92 Å². The van der Waals surface area contributed by atoms with E-state index < -0.39 is 15.8 Å². The summed E-state index contributed by atoms with van der Waals surface area (Å²) < 4.78 is 40.6. The molecule has 19 heavy (non-hydrogen) atoms. The first-order chi connectivity index (χ1) is 8.90. The van der Waals surface area contributed by atoms with Crippen molar-refractivity contribution >= 4 is 10.0 Å². The van der Waals surface area contributed by atoms with E-state index in [0.29, 0.717) is 5.56 Å². The van der Waals surface area contributed by atoms with Crippen LogP contribution in [0.25, 0.3) is 0 Å². The molecule has 1 aliphatic rings. The van der Waals surface area contributed by atoms with Gasteiger partial charge in [0.05, 0.1) is 4.90 Å². The Morgan fingerprint density at radius 1 is 1.42 bits per heavy atom. The fraction of sp³-hybridized carbons (Fsp3) is 0.538. The van der Waals surface area contributed by atoms with Crippen molar-refractivity contribution in [2.75, 3.05) is 13.1 Å². The Morgan fingerprint density at radius 2 is 2.16 bits per heavy atom. The third-order valence-corrected chi connectivity index (χ3v) is 5.03. The molecular weight excluding hydrogens is 267 g/mol. The lowest BCUT2D eigenvalue weighted by Crippen LogP contribution is -2.48. The second-order valence-electron chi connectivity index (χ2n) is 5.11. The second-order valence-corrected chi connectivity index (χ2v) is 6.82. The van der Waals surface area contributed by atoms with Crippen LogP contribution in [0.4, 0.5) is 4.39 Å². The highest BCUT2D eigenvalue weighted by Crippen LogP contribution is 2.17. The molecule has 1 fully saturated rings. The van der Waals surface area contributed by atoms with Crippen molar-refractivity contribution < 1.29 is 12.8 Å². The Bertz CT molecular complexity index is 560. The maximum Gasteiger partial charge on any atom is 0.240 e. The largest absolute Gasteiger partial charge is 0.316 e. The summed E-state index contributed by atoms with van der Waals surface area (Å²) in [5.74, 6) is -0.278. The van der Waals surface area contributed by atoms with E-state index in [1.54, 1.807) is 6.92 Å². The Morgan fingerprint density at radius 3 is 2.79 bits per heavy atom. The van der Waals surface area contributed by atoms with Gasteiger partial charge in [0.25, 0.3) is 0 Å². The summed E-state index contributed by atoms with van der Waals surface area (Å²) in [6, 6.07) is 3.89. The topological polar surface area (TPSA) is 58.2 Å². The fourth-order valence-corrected chi connectivity index (χ4v) is 3.59. The van der Waals surface area contributed by atoms with E-state index in [0.717, 1.165) is 25.6 Å². The molecule has 2 unspecified atom stereocenters. The van der Waals surface area contributed by atoms with E-state index in [4.69, 9.17) is 0 Å². The van der Waals surface area contributed by atoms with Gasteiger partial charge in [-0.15, -0.1) is 0 Å². The number of piperidine rings is 1. The van der Waals surface area contributed by atoms with Gasteiger partial charge in [0, 0.05) is 6.04 Å². The van der Waals surface area contributed by atoms with Gasteiger partial charge in [0.15, 0.2) is 0 Å². The molecule has 0 aliphatic carbocycles. The standard InChI is InChI=1S/C13H19FN2O2S/c1-9-3-4-11(7-12(9)14)19(17,18)16-13-5-6-15-8-10(13)2/h3-4,7,10,13,15-16H,5-6,8H2,1-2H3. The number of halogens is 1. The van der Waals surface area contributed by atoms with Crippen molar-refractivity contribution in [1.29, 1.82) is 0 Å². The van der Waals surface area contributed by atoms with Crippen molar-refractivity contribution in [3.05, 3.63) is 29.6 Å². The third kappa shape index (κ3) is 3.32.